The van der Waals surface area contributed by atoms with Crippen LogP contribution in [0.4, 0.5) is 11.4 Å². The van der Waals surface area contributed by atoms with Gasteiger partial charge in [-0.05, 0) is 14.1 Å². The molecule has 0 atom stereocenters. The first kappa shape index (κ1) is 17.0. The molecule has 0 amide bonds. The van der Waals surface area contributed by atoms with Crippen LogP contribution in [0.15, 0.2) is 12.1 Å². The van der Waals surface area contributed by atoms with Gasteiger partial charge in [0, 0.05) is 25.2 Å². The van der Waals surface area contributed by atoms with Gasteiger partial charge in [0.15, 0.2) is 0 Å². The van der Waals surface area contributed by atoms with E-state index in [0.717, 1.165) is 6.54 Å². The lowest BCUT2D eigenvalue weighted by Crippen LogP contribution is -2.20. The SMILES string of the molecule is CN(C)CCOCCNc1c(Cl)cc([N+](=O)[O-])cc1Cl. The molecule has 0 aliphatic carbocycles. The van der Waals surface area contributed by atoms with Gasteiger partial charge in [-0.3, -0.25) is 10.1 Å². The van der Waals surface area contributed by atoms with Gasteiger partial charge in [-0.25, -0.2) is 0 Å². The molecule has 0 aliphatic heterocycles. The summed E-state index contributed by atoms with van der Waals surface area (Å²) in [7, 11) is 3.94. The highest BCUT2D eigenvalue weighted by atomic mass is 35.5. The number of likely N-dealkylation sites (N-methyl/N-ethyl adjacent to an activating group) is 1. The van der Waals surface area contributed by atoms with E-state index in [0.29, 0.717) is 25.4 Å². The molecule has 8 heteroatoms. The number of benzene rings is 1. The Morgan fingerprint density at radius 3 is 2.40 bits per heavy atom. The van der Waals surface area contributed by atoms with Gasteiger partial charge in [0.2, 0.25) is 0 Å². The zero-order chi connectivity index (χ0) is 15.1. The molecule has 20 heavy (non-hydrogen) atoms. The molecule has 0 bridgehead atoms. The van der Waals surface area contributed by atoms with Crippen molar-refractivity contribution in [3.05, 3.63) is 32.3 Å². The quantitative estimate of drug-likeness (QED) is 0.453. The highest BCUT2D eigenvalue weighted by Crippen LogP contribution is 2.34. The third kappa shape index (κ3) is 5.50. The zero-order valence-electron chi connectivity index (χ0n) is 11.4. The number of ether oxygens (including phenoxy) is 1. The molecule has 1 N–H and O–H groups in total. The third-order valence-electron chi connectivity index (χ3n) is 2.47. The molecule has 0 fully saturated rings. The molecule has 0 saturated carbocycles. The van der Waals surface area contributed by atoms with Crippen molar-refractivity contribution < 1.29 is 9.66 Å². The van der Waals surface area contributed by atoms with E-state index in [4.69, 9.17) is 27.9 Å². The number of nitrogens with one attached hydrogen (secondary N) is 1. The van der Waals surface area contributed by atoms with Crippen molar-refractivity contribution in [1.82, 2.24) is 4.90 Å². The van der Waals surface area contributed by atoms with Gasteiger partial charge in [0.1, 0.15) is 0 Å². The Morgan fingerprint density at radius 1 is 1.30 bits per heavy atom. The Labute approximate surface area is 127 Å². The van der Waals surface area contributed by atoms with Gasteiger partial charge < -0.3 is 15.0 Å². The summed E-state index contributed by atoms with van der Waals surface area (Å²) in [6.07, 6.45) is 0. The smallest absolute Gasteiger partial charge is 0.272 e. The minimum Gasteiger partial charge on any atom is -0.380 e. The molecule has 1 rings (SSSR count). The van der Waals surface area contributed by atoms with Crippen molar-refractivity contribution in [2.75, 3.05) is 45.7 Å². The number of rotatable bonds is 8. The van der Waals surface area contributed by atoms with Crippen LogP contribution >= 0.6 is 23.2 Å². The number of anilines is 1. The maximum absolute atomic E-state index is 10.6. The standard InChI is InChI=1S/C12H17Cl2N3O3/c1-16(2)4-6-20-5-3-15-12-10(13)7-9(17(18)19)8-11(12)14/h7-8,15H,3-6H2,1-2H3. The third-order valence-corrected chi connectivity index (χ3v) is 3.06. The number of nitro groups is 1. The number of hydrogen-bond acceptors (Lipinski definition) is 5. The van der Waals surface area contributed by atoms with Crippen LogP contribution in [0.2, 0.25) is 10.0 Å². The second-order valence-corrected chi connectivity index (χ2v) is 5.20. The zero-order valence-corrected chi connectivity index (χ0v) is 12.9. The highest BCUT2D eigenvalue weighted by Gasteiger charge is 2.14. The van der Waals surface area contributed by atoms with Crippen LogP contribution in [-0.4, -0.2) is 50.2 Å². The normalized spacial score (nSPS) is 10.8. The first-order chi connectivity index (χ1) is 9.41. The lowest BCUT2D eigenvalue weighted by Gasteiger charge is -2.12. The summed E-state index contributed by atoms with van der Waals surface area (Å²) in [5.41, 5.74) is 0.350. The van der Waals surface area contributed by atoms with Gasteiger partial charge in [0.05, 0.1) is 33.9 Å². The molecule has 0 unspecified atom stereocenters. The summed E-state index contributed by atoms with van der Waals surface area (Å²) in [5, 5.41) is 14.1. The average molecular weight is 322 g/mol. The van der Waals surface area contributed by atoms with Crippen molar-refractivity contribution in [3.8, 4) is 0 Å². The van der Waals surface area contributed by atoms with Gasteiger partial charge >= 0.3 is 0 Å². The van der Waals surface area contributed by atoms with E-state index in [1.54, 1.807) is 0 Å². The molecule has 0 spiro atoms. The fraction of sp³-hybridized carbons (Fsp3) is 0.500. The van der Waals surface area contributed by atoms with Crippen LogP contribution in [0.5, 0.6) is 0 Å². The second-order valence-electron chi connectivity index (χ2n) is 4.38. The van der Waals surface area contributed by atoms with Crippen LogP contribution in [0.1, 0.15) is 0 Å². The molecule has 0 saturated heterocycles. The predicted molar refractivity (Wildman–Crippen MR) is 81.0 cm³/mol. The van der Waals surface area contributed by atoms with Crippen LogP contribution in [-0.2, 0) is 4.74 Å². The molecule has 112 valence electrons. The van der Waals surface area contributed by atoms with E-state index in [9.17, 15) is 10.1 Å². The number of halogens is 2. The van der Waals surface area contributed by atoms with Gasteiger partial charge in [-0.1, -0.05) is 23.2 Å². The topological polar surface area (TPSA) is 67.6 Å². The van der Waals surface area contributed by atoms with E-state index >= 15 is 0 Å². The number of hydrogen-bond donors (Lipinski definition) is 1. The molecular weight excluding hydrogens is 305 g/mol. The Kier molecular flexibility index (Phi) is 7.01. The van der Waals surface area contributed by atoms with Gasteiger partial charge in [-0.2, -0.15) is 0 Å². The summed E-state index contributed by atoms with van der Waals surface area (Å²) in [6, 6.07) is 2.53. The minimum atomic E-state index is -0.536. The van der Waals surface area contributed by atoms with Crippen LogP contribution in [0.25, 0.3) is 0 Å². The van der Waals surface area contributed by atoms with Crippen molar-refractivity contribution in [2.24, 2.45) is 0 Å². The minimum absolute atomic E-state index is 0.132. The summed E-state index contributed by atoms with van der Waals surface area (Å²) in [4.78, 5) is 12.1. The van der Waals surface area contributed by atoms with E-state index in [-0.39, 0.29) is 15.7 Å². The molecule has 0 radical (unpaired) electrons. The van der Waals surface area contributed by atoms with E-state index in [1.807, 2.05) is 19.0 Å². The first-order valence-electron chi connectivity index (χ1n) is 6.01. The summed E-state index contributed by atoms with van der Waals surface area (Å²) >= 11 is 11.9. The maximum atomic E-state index is 10.6. The van der Waals surface area contributed by atoms with Crippen molar-refractivity contribution in [1.29, 1.82) is 0 Å². The largest absolute Gasteiger partial charge is 0.380 e. The average Bonchev–Trinajstić information content (AvgIpc) is 2.35. The summed E-state index contributed by atoms with van der Waals surface area (Å²) < 4.78 is 5.41. The lowest BCUT2D eigenvalue weighted by atomic mass is 10.3. The van der Waals surface area contributed by atoms with Gasteiger partial charge in [-0.15, -0.1) is 0 Å². The molecule has 6 nitrogen and oxygen atoms in total. The fourth-order valence-corrected chi connectivity index (χ4v) is 2.04. The number of nitrogens with zero attached hydrogens (tertiary/aromatic N) is 2. The fourth-order valence-electron chi connectivity index (χ4n) is 1.43. The Hall–Kier alpha value is -1.08. The van der Waals surface area contributed by atoms with E-state index in [2.05, 4.69) is 5.32 Å². The molecular formula is C12H17Cl2N3O3. The molecule has 0 heterocycles. The predicted octanol–water partition coefficient (Wildman–Crippen LogP) is 2.89. The first-order valence-corrected chi connectivity index (χ1v) is 6.77. The highest BCUT2D eigenvalue weighted by molar-refractivity contribution is 6.39. The Morgan fingerprint density at radius 2 is 1.90 bits per heavy atom. The lowest BCUT2D eigenvalue weighted by molar-refractivity contribution is -0.384. The monoisotopic (exact) mass is 321 g/mol. The summed E-state index contributed by atoms with van der Waals surface area (Å²) in [6.45, 7) is 2.50. The van der Waals surface area contributed by atoms with Crippen molar-refractivity contribution in [3.63, 3.8) is 0 Å². The van der Waals surface area contributed by atoms with E-state index < -0.39 is 4.92 Å². The maximum Gasteiger partial charge on any atom is 0.272 e. The second kappa shape index (κ2) is 8.26. The molecule has 0 aliphatic rings. The molecule has 1 aromatic carbocycles. The Bertz CT molecular complexity index is 446. The van der Waals surface area contributed by atoms with Crippen LogP contribution < -0.4 is 5.32 Å². The van der Waals surface area contributed by atoms with Crippen LogP contribution in [0, 0.1) is 10.1 Å². The number of nitro benzene ring substituents is 1. The Balaban J connectivity index is 2.46. The van der Waals surface area contributed by atoms with Crippen molar-refractivity contribution in [2.45, 2.75) is 0 Å². The molecule has 0 aromatic heterocycles. The molecule has 1 aromatic rings. The summed E-state index contributed by atoms with van der Waals surface area (Å²) in [5.74, 6) is 0. The van der Waals surface area contributed by atoms with Crippen molar-refractivity contribution >= 4 is 34.6 Å². The number of non-ortho nitro benzene ring substituents is 1. The van der Waals surface area contributed by atoms with Crippen LogP contribution in [0.3, 0.4) is 0 Å². The van der Waals surface area contributed by atoms with E-state index in [1.165, 1.54) is 12.1 Å². The van der Waals surface area contributed by atoms with Gasteiger partial charge in [0.25, 0.3) is 5.69 Å².